The number of nitrogens with two attached hydrogens (primary N) is 1. The molecule has 20 heavy (non-hydrogen) atoms. The first-order valence-corrected chi connectivity index (χ1v) is 7.33. The molecule has 0 bridgehead atoms. The summed E-state index contributed by atoms with van der Waals surface area (Å²) in [6.45, 7) is 1.33. The maximum absolute atomic E-state index is 13.2. The lowest BCUT2D eigenvalue weighted by atomic mass is 10.1. The van der Waals surface area contributed by atoms with Crippen molar-refractivity contribution in [2.45, 2.75) is 18.9 Å². The maximum Gasteiger partial charge on any atom is 0.263 e. The van der Waals surface area contributed by atoms with Crippen LogP contribution in [0.5, 0.6) is 0 Å². The average molecular weight is 294 g/mol. The fraction of sp³-hybridized carbons (Fsp3) is 0.357. The van der Waals surface area contributed by atoms with Crippen LogP contribution in [0.2, 0.25) is 0 Å². The molecule has 4 nitrogen and oxygen atoms in total. The number of ether oxygens (including phenoxy) is 1. The number of thiophene rings is 1. The zero-order chi connectivity index (χ0) is 14.1. The normalized spacial score (nSPS) is 16.4. The second kappa shape index (κ2) is 5.38. The fourth-order valence-electron chi connectivity index (χ4n) is 2.35. The first-order valence-electron chi connectivity index (χ1n) is 6.51. The molecule has 0 saturated carbocycles. The van der Waals surface area contributed by atoms with Gasteiger partial charge in [0.15, 0.2) is 0 Å². The Morgan fingerprint density at radius 2 is 2.15 bits per heavy atom. The molecule has 0 aliphatic carbocycles. The number of hydrogen-bond acceptors (Lipinski definition) is 4. The van der Waals surface area contributed by atoms with Crippen LogP contribution >= 0.6 is 11.3 Å². The Morgan fingerprint density at radius 1 is 1.40 bits per heavy atom. The number of nitrogen functional groups attached to an aromatic ring is 1. The molecule has 1 saturated heterocycles. The molecule has 1 amide bonds. The van der Waals surface area contributed by atoms with E-state index < -0.39 is 0 Å². The molecule has 106 valence electrons. The van der Waals surface area contributed by atoms with Gasteiger partial charge >= 0.3 is 0 Å². The van der Waals surface area contributed by atoms with Crippen LogP contribution in [-0.4, -0.2) is 25.2 Å². The van der Waals surface area contributed by atoms with Crippen molar-refractivity contribution < 1.29 is 13.9 Å². The van der Waals surface area contributed by atoms with Gasteiger partial charge in [0.25, 0.3) is 5.91 Å². The van der Waals surface area contributed by atoms with E-state index in [4.69, 9.17) is 10.5 Å². The van der Waals surface area contributed by atoms with Crippen LogP contribution in [-0.2, 0) is 4.74 Å². The van der Waals surface area contributed by atoms with Crippen molar-refractivity contribution in [3.05, 3.63) is 28.9 Å². The Labute approximate surface area is 119 Å². The summed E-state index contributed by atoms with van der Waals surface area (Å²) in [6, 6.07) is 4.51. The Morgan fingerprint density at radius 3 is 2.90 bits per heavy atom. The van der Waals surface area contributed by atoms with E-state index in [1.165, 1.54) is 23.5 Å². The Bertz CT molecular complexity index is 650. The molecule has 0 spiro atoms. The zero-order valence-corrected chi connectivity index (χ0v) is 11.6. The topological polar surface area (TPSA) is 64.4 Å². The van der Waals surface area contributed by atoms with Crippen molar-refractivity contribution >= 4 is 33.0 Å². The van der Waals surface area contributed by atoms with Crippen LogP contribution in [0.4, 0.5) is 10.1 Å². The first-order chi connectivity index (χ1) is 9.65. The monoisotopic (exact) mass is 294 g/mol. The molecule has 1 aliphatic heterocycles. The van der Waals surface area contributed by atoms with Crippen molar-refractivity contribution in [1.29, 1.82) is 0 Å². The van der Waals surface area contributed by atoms with Gasteiger partial charge in [-0.3, -0.25) is 4.79 Å². The quantitative estimate of drug-likeness (QED) is 0.894. The summed E-state index contributed by atoms with van der Waals surface area (Å²) in [7, 11) is 0. The highest BCUT2D eigenvalue weighted by Crippen LogP contribution is 2.34. The van der Waals surface area contributed by atoms with E-state index in [1.54, 1.807) is 6.07 Å². The van der Waals surface area contributed by atoms with Crippen LogP contribution < -0.4 is 11.1 Å². The first kappa shape index (κ1) is 13.3. The maximum atomic E-state index is 13.2. The van der Waals surface area contributed by atoms with Gasteiger partial charge in [-0.25, -0.2) is 4.39 Å². The minimum Gasteiger partial charge on any atom is -0.397 e. The molecule has 0 radical (unpaired) electrons. The number of carbonyl (C=O) groups is 1. The number of fused-ring (bicyclic) bond motifs is 1. The molecule has 1 aliphatic rings. The van der Waals surface area contributed by atoms with Gasteiger partial charge in [0.05, 0.1) is 5.69 Å². The van der Waals surface area contributed by atoms with Gasteiger partial charge in [0.2, 0.25) is 0 Å². The molecule has 2 aromatic rings. The van der Waals surface area contributed by atoms with Crippen molar-refractivity contribution in [1.82, 2.24) is 5.32 Å². The van der Waals surface area contributed by atoms with E-state index in [-0.39, 0.29) is 17.8 Å². The van der Waals surface area contributed by atoms with Gasteiger partial charge in [-0.15, -0.1) is 11.3 Å². The Hall–Kier alpha value is -1.66. The number of nitrogens with one attached hydrogen (secondary N) is 1. The number of halogens is 1. The van der Waals surface area contributed by atoms with E-state index in [2.05, 4.69) is 5.32 Å². The molecule has 1 aromatic heterocycles. The van der Waals surface area contributed by atoms with Crippen molar-refractivity contribution in [3.63, 3.8) is 0 Å². The summed E-state index contributed by atoms with van der Waals surface area (Å²) in [5.41, 5.74) is 6.33. The highest BCUT2D eigenvalue weighted by Gasteiger charge is 2.21. The molecular weight excluding hydrogens is 279 g/mol. The smallest absolute Gasteiger partial charge is 0.263 e. The second-order valence-electron chi connectivity index (χ2n) is 4.85. The molecule has 2 heterocycles. The fourth-order valence-corrected chi connectivity index (χ4v) is 3.36. The largest absolute Gasteiger partial charge is 0.397 e. The van der Waals surface area contributed by atoms with Gasteiger partial charge in [0.1, 0.15) is 10.7 Å². The molecule has 0 unspecified atom stereocenters. The van der Waals surface area contributed by atoms with Crippen LogP contribution in [0, 0.1) is 5.82 Å². The standard InChI is InChI=1S/C14H15FN2O2S/c15-8-1-2-11-10(7-8)12(16)13(20-11)14(18)17-9-3-5-19-6-4-9/h1-2,7,9H,3-6,16H2,(H,17,18). The van der Waals surface area contributed by atoms with Gasteiger partial charge in [-0.2, -0.15) is 0 Å². The molecule has 3 rings (SSSR count). The van der Waals surface area contributed by atoms with Crippen molar-refractivity contribution in [2.75, 3.05) is 18.9 Å². The molecular formula is C14H15FN2O2S. The predicted octanol–water partition coefficient (Wildman–Crippen LogP) is 2.53. The van der Waals surface area contributed by atoms with E-state index in [9.17, 15) is 9.18 Å². The summed E-state index contributed by atoms with van der Waals surface area (Å²) in [5.74, 6) is -0.533. The summed E-state index contributed by atoms with van der Waals surface area (Å²) >= 11 is 1.29. The predicted molar refractivity (Wildman–Crippen MR) is 77.5 cm³/mol. The van der Waals surface area contributed by atoms with E-state index in [1.807, 2.05) is 0 Å². The lowest BCUT2D eigenvalue weighted by Gasteiger charge is -2.22. The zero-order valence-electron chi connectivity index (χ0n) is 10.8. The third kappa shape index (κ3) is 2.48. The van der Waals surface area contributed by atoms with E-state index >= 15 is 0 Å². The average Bonchev–Trinajstić information content (AvgIpc) is 2.77. The minimum absolute atomic E-state index is 0.123. The summed E-state index contributed by atoms with van der Waals surface area (Å²) in [6.07, 6.45) is 1.62. The number of carbonyl (C=O) groups excluding carboxylic acids is 1. The minimum atomic E-state index is -0.349. The lowest BCUT2D eigenvalue weighted by Crippen LogP contribution is -2.38. The van der Waals surface area contributed by atoms with Gasteiger partial charge in [-0.05, 0) is 31.0 Å². The Kier molecular flexibility index (Phi) is 3.58. The number of hydrogen-bond donors (Lipinski definition) is 2. The summed E-state index contributed by atoms with van der Waals surface area (Å²) in [5, 5.41) is 3.57. The van der Waals surface area contributed by atoms with Crippen LogP contribution in [0.3, 0.4) is 0 Å². The lowest BCUT2D eigenvalue weighted by molar-refractivity contribution is 0.0699. The van der Waals surface area contributed by atoms with Gasteiger partial charge < -0.3 is 15.8 Å². The highest BCUT2D eigenvalue weighted by molar-refractivity contribution is 7.21. The van der Waals surface area contributed by atoms with Crippen LogP contribution in [0.1, 0.15) is 22.5 Å². The third-order valence-corrected chi connectivity index (χ3v) is 4.64. The van der Waals surface area contributed by atoms with Crippen molar-refractivity contribution in [3.8, 4) is 0 Å². The Balaban J connectivity index is 1.85. The summed E-state index contributed by atoms with van der Waals surface area (Å²) in [4.78, 5) is 12.7. The van der Waals surface area contributed by atoms with Crippen LogP contribution in [0.25, 0.3) is 10.1 Å². The van der Waals surface area contributed by atoms with E-state index in [0.717, 1.165) is 17.5 Å². The second-order valence-corrected chi connectivity index (χ2v) is 5.90. The van der Waals surface area contributed by atoms with Crippen molar-refractivity contribution in [2.24, 2.45) is 0 Å². The molecule has 1 fully saturated rings. The highest BCUT2D eigenvalue weighted by atomic mass is 32.1. The SMILES string of the molecule is Nc1c(C(=O)NC2CCOCC2)sc2ccc(F)cc12. The number of benzene rings is 1. The molecule has 3 N–H and O–H groups in total. The molecule has 1 aromatic carbocycles. The third-order valence-electron chi connectivity index (χ3n) is 3.45. The number of amides is 1. The number of rotatable bonds is 2. The summed E-state index contributed by atoms with van der Waals surface area (Å²) < 4.78 is 19.3. The van der Waals surface area contributed by atoms with Gasteiger partial charge in [-0.1, -0.05) is 0 Å². The molecule has 0 atom stereocenters. The van der Waals surface area contributed by atoms with Crippen LogP contribution in [0.15, 0.2) is 18.2 Å². The number of anilines is 1. The molecule has 6 heteroatoms. The van der Waals surface area contributed by atoms with Gasteiger partial charge in [0, 0.05) is 29.3 Å². The van der Waals surface area contributed by atoms with E-state index in [0.29, 0.717) is 29.2 Å².